The van der Waals surface area contributed by atoms with Gasteiger partial charge in [-0.25, -0.2) is 0 Å². The minimum absolute atomic E-state index is 0.385. The molecule has 0 saturated carbocycles. The van der Waals surface area contributed by atoms with Crippen molar-refractivity contribution in [2.24, 2.45) is 5.92 Å². The van der Waals surface area contributed by atoms with Gasteiger partial charge in [0.15, 0.2) is 0 Å². The number of amides is 1. The maximum atomic E-state index is 12.6. The molecule has 110 valence electrons. The van der Waals surface area contributed by atoms with E-state index in [1.54, 1.807) is 0 Å². The molecule has 2 unspecified atom stereocenters. The molecule has 2 aliphatic heterocycles. The van der Waals surface area contributed by atoms with Crippen LogP contribution in [0.5, 0.6) is 0 Å². The molecule has 1 amide bonds. The summed E-state index contributed by atoms with van der Waals surface area (Å²) in [4.78, 5) is 17.1. The van der Waals surface area contributed by atoms with Crippen LogP contribution in [0.1, 0.15) is 39.0 Å². The highest BCUT2D eigenvalue weighted by atomic mass is 16.2. The van der Waals surface area contributed by atoms with Gasteiger partial charge in [-0.3, -0.25) is 4.79 Å². The lowest BCUT2D eigenvalue weighted by atomic mass is 9.95. The second-order valence-electron chi connectivity index (χ2n) is 6.18. The highest BCUT2D eigenvalue weighted by Crippen LogP contribution is 2.19. The topological polar surface area (TPSA) is 35.6 Å². The summed E-state index contributed by atoms with van der Waals surface area (Å²) in [6.45, 7) is 7.44. The fraction of sp³-hybridized carbons (Fsp3) is 0.933. The first-order valence-electron chi connectivity index (χ1n) is 7.89. The molecule has 2 saturated heterocycles. The average molecular weight is 267 g/mol. The molecule has 0 spiro atoms. The van der Waals surface area contributed by atoms with Crippen molar-refractivity contribution in [2.45, 2.75) is 45.1 Å². The van der Waals surface area contributed by atoms with Crippen LogP contribution in [-0.2, 0) is 4.79 Å². The van der Waals surface area contributed by atoms with Crippen LogP contribution in [0.4, 0.5) is 0 Å². The molecule has 1 N–H and O–H groups in total. The van der Waals surface area contributed by atoms with Crippen LogP contribution in [0, 0.1) is 5.92 Å². The normalized spacial score (nSPS) is 30.1. The van der Waals surface area contributed by atoms with E-state index in [-0.39, 0.29) is 0 Å². The van der Waals surface area contributed by atoms with Crippen molar-refractivity contribution in [1.29, 1.82) is 0 Å². The lowest BCUT2D eigenvalue weighted by Crippen LogP contribution is -2.45. The molecule has 0 aromatic carbocycles. The Morgan fingerprint density at radius 1 is 1.32 bits per heavy atom. The number of hydrogen-bond acceptors (Lipinski definition) is 3. The quantitative estimate of drug-likeness (QED) is 0.838. The van der Waals surface area contributed by atoms with Gasteiger partial charge in [0.05, 0.1) is 0 Å². The highest BCUT2D eigenvalue weighted by Gasteiger charge is 2.27. The molecule has 0 aromatic rings. The summed E-state index contributed by atoms with van der Waals surface area (Å²) >= 11 is 0. The molecule has 2 atom stereocenters. The van der Waals surface area contributed by atoms with Crippen LogP contribution >= 0.6 is 0 Å². The lowest BCUT2D eigenvalue weighted by molar-refractivity contribution is -0.134. The van der Waals surface area contributed by atoms with Gasteiger partial charge in [0.2, 0.25) is 5.91 Å². The van der Waals surface area contributed by atoms with E-state index in [1.807, 2.05) is 0 Å². The Bertz CT molecular complexity index is 289. The van der Waals surface area contributed by atoms with E-state index in [0.29, 0.717) is 17.9 Å². The van der Waals surface area contributed by atoms with Crippen LogP contribution in [0.3, 0.4) is 0 Å². The number of rotatable bonds is 3. The van der Waals surface area contributed by atoms with Crippen molar-refractivity contribution in [3.05, 3.63) is 0 Å². The van der Waals surface area contributed by atoms with Gasteiger partial charge in [0, 0.05) is 25.6 Å². The first-order valence-corrected chi connectivity index (χ1v) is 7.89. The number of carbonyl (C=O) groups is 1. The van der Waals surface area contributed by atoms with E-state index in [2.05, 4.69) is 29.1 Å². The van der Waals surface area contributed by atoms with E-state index in [4.69, 9.17) is 0 Å². The summed E-state index contributed by atoms with van der Waals surface area (Å²) in [6, 6.07) is 0.413. The molecular weight excluding hydrogens is 238 g/mol. The van der Waals surface area contributed by atoms with Gasteiger partial charge in [0.25, 0.3) is 0 Å². The van der Waals surface area contributed by atoms with E-state index < -0.39 is 0 Å². The van der Waals surface area contributed by atoms with E-state index >= 15 is 0 Å². The standard InChI is InChI=1S/C15H29N3O/c1-3-14-12-17(2)8-5-9-18(14)15(19)10-13-6-4-7-16-11-13/h13-14,16H,3-12H2,1-2H3. The van der Waals surface area contributed by atoms with Gasteiger partial charge in [-0.1, -0.05) is 6.92 Å². The summed E-state index contributed by atoms with van der Waals surface area (Å²) in [5.74, 6) is 0.940. The Morgan fingerprint density at radius 2 is 2.16 bits per heavy atom. The zero-order valence-electron chi connectivity index (χ0n) is 12.5. The first-order chi connectivity index (χ1) is 9.20. The van der Waals surface area contributed by atoms with Crippen molar-refractivity contribution in [2.75, 3.05) is 39.8 Å². The van der Waals surface area contributed by atoms with Gasteiger partial charge >= 0.3 is 0 Å². The summed E-state index contributed by atoms with van der Waals surface area (Å²) < 4.78 is 0. The first kappa shape index (κ1) is 14.8. The molecule has 2 rings (SSSR count). The molecule has 19 heavy (non-hydrogen) atoms. The van der Waals surface area contributed by atoms with Crippen LogP contribution in [-0.4, -0.2) is 61.5 Å². The molecule has 2 heterocycles. The molecular formula is C15H29N3O. The number of hydrogen-bond donors (Lipinski definition) is 1. The second kappa shape index (κ2) is 7.25. The Labute approximate surface area is 117 Å². The fourth-order valence-electron chi connectivity index (χ4n) is 3.38. The molecule has 4 heteroatoms. The smallest absolute Gasteiger partial charge is 0.223 e. The summed E-state index contributed by atoms with van der Waals surface area (Å²) in [6.07, 6.45) is 5.36. The Morgan fingerprint density at radius 3 is 2.84 bits per heavy atom. The summed E-state index contributed by atoms with van der Waals surface area (Å²) in [5, 5.41) is 3.41. The largest absolute Gasteiger partial charge is 0.338 e. The minimum atomic E-state index is 0.385. The molecule has 2 aliphatic rings. The summed E-state index contributed by atoms with van der Waals surface area (Å²) in [5.41, 5.74) is 0. The number of piperidine rings is 1. The minimum Gasteiger partial charge on any atom is -0.338 e. The number of nitrogens with one attached hydrogen (secondary N) is 1. The number of likely N-dealkylation sites (N-methyl/N-ethyl adjacent to an activating group) is 1. The molecule has 2 fully saturated rings. The van der Waals surface area contributed by atoms with Crippen LogP contribution in [0.2, 0.25) is 0 Å². The highest BCUT2D eigenvalue weighted by molar-refractivity contribution is 5.77. The van der Waals surface area contributed by atoms with Crippen molar-refractivity contribution in [3.8, 4) is 0 Å². The Hall–Kier alpha value is -0.610. The van der Waals surface area contributed by atoms with Gasteiger partial charge in [0.1, 0.15) is 0 Å². The fourth-order valence-corrected chi connectivity index (χ4v) is 3.38. The second-order valence-corrected chi connectivity index (χ2v) is 6.18. The molecule has 0 aromatic heterocycles. The van der Waals surface area contributed by atoms with Gasteiger partial charge < -0.3 is 15.1 Å². The third-order valence-corrected chi connectivity index (χ3v) is 4.56. The SMILES string of the molecule is CCC1CN(C)CCCN1C(=O)CC1CCCNC1. The number of carbonyl (C=O) groups excluding carboxylic acids is 1. The van der Waals surface area contributed by atoms with Crippen LogP contribution in [0.15, 0.2) is 0 Å². The molecule has 0 aliphatic carbocycles. The zero-order chi connectivity index (χ0) is 13.7. The zero-order valence-corrected chi connectivity index (χ0v) is 12.5. The molecule has 0 bridgehead atoms. The van der Waals surface area contributed by atoms with Crippen molar-refractivity contribution in [3.63, 3.8) is 0 Å². The lowest BCUT2D eigenvalue weighted by Gasteiger charge is -2.32. The van der Waals surface area contributed by atoms with Crippen molar-refractivity contribution >= 4 is 5.91 Å². The van der Waals surface area contributed by atoms with Crippen molar-refractivity contribution in [1.82, 2.24) is 15.1 Å². The predicted octanol–water partition coefficient (Wildman–Crippen LogP) is 1.32. The van der Waals surface area contributed by atoms with Crippen LogP contribution < -0.4 is 5.32 Å². The van der Waals surface area contributed by atoms with Crippen molar-refractivity contribution < 1.29 is 4.79 Å². The van der Waals surface area contributed by atoms with Crippen LogP contribution in [0.25, 0.3) is 0 Å². The third-order valence-electron chi connectivity index (χ3n) is 4.56. The van der Waals surface area contributed by atoms with E-state index in [1.165, 1.54) is 12.8 Å². The average Bonchev–Trinajstić information content (AvgIpc) is 2.61. The van der Waals surface area contributed by atoms with Gasteiger partial charge in [-0.15, -0.1) is 0 Å². The Kier molecular flexibility index (Phi) is 5.64. The third kappa shape index (κ3) is 4.18. The molecule has 4 nitrogen and oxygen atoms in total. The monoisotopic (exact) mass is 267 g/mol. The Balaban J connectivity index is 1.91. The van der Waals surface area contributed by atoms with E-state index in [0.717, 1.165) is 52.0 Å². The van der Waals surface area contributed by atoms with E-state index in [9.17, 15) is 4.79 Å². The maximum Gasteiger partial charge on any atom is 0.223 e. The number of nitrogens with zero attached hydrogens (tertiary/aromatic N) is 2. The molecule has 0 radical (unpaired) electrons. The van der Waals surface area contributed by atoms with Gasteiger partial charge in [-0.05, 0) is 58.3 Å². The van der Waals surface area contributed by atoms with Gasteiger partial charge in [-0.2, -0.15) is 0 Å². The summed E-state index contributed by atoms with van der Waals surface area (Å²) in [7, 11) is 2.17. The predicted molar refractivity (Wildman–Crippen MR) is 78.1 cm³/mol. The maximum absolute atomic E-state index is 12.6.